The fraction of sp³-hybridized carbons (Fsp3) is 0.208. The largest absolute Gasteiger partial charge is 0.358 e. The Labute approximate surface area is 180 Å². The van der Waals surface area contributed by atoms with Crippen molar-refractivity contribution in [2.24, 2.45) is 0 Å². The van der Waals surface area contributed by atoms with E-state index in [1.54, 1.807) is 4.90 Å². The minimum Gasteiger partial charge on any atom is -0.358 e. The Kier molecular flexibility index (Phi) is 5.91. The lowest BCUT2D eigenvalue weighted by atomic mass is 9.91. The highest BCUT2D eigenvalue weighted by molar-refractivity contribution is 6.30. The van der Waals surface area contributed by atoms with E-state index in [0.29, 0.717) is 16.5 Å². The van der Waals surface area contributed by atoms with Gasteiger partial charge in [0.25, 0.3) is 5.91 Å². The molecule has 3 aromatic carbocycles. The minimum atomic E-state index is -0.549. The van der Waals surface area contributed by atoms with Gasteiger partial charge in [-0.15, -0.1) is 0 Å². The van der Waals surface area contributed by atoms with Gasteiger partial charge in [-0.2, -0.15) is 0 Å². The van der Waals surface area contributed by atoms with Gasteiger partial charge in [-0.05, 0) is 41.0 Å². The van der Waals surface area contributed by atoms with Crippen LogP contribution in [0.2, 0.25) is 10.0 Å². The Balaban J connectivity index is 1.71. The van der Waals surface area contributed by atoms with Crippen molar-refractivity contribution in [1.29, 1.82) is 0 Å². The first kappa shape index (κ1) is 20.0. The van der Waals surface area contributed by atoms with Crippen LogP contribution in [-0.4, -0.2) is 24.0 Å². The number of hydrogen-bond acceptors (Lipinski definition) is 2. The summed E-state index contributed by atoms with van der Waals surface area (Å²) in [6.45, 7) is 0. The maximum Gasteiger partial charge on any atom is 0.252 e. The van der Waals surface area contributed by atoms with E-state index in [1.165, 1.54) is 0 Å². The Morgan fingerprint density at radius 3 is 1.97 bits per heavy atom. The molecule has 0 saturated carbocycles. The van der Waals surface area contributed by atoms with Crippen LogP contribution in [0.1, 0.15) is 28.8 Å². The molecule has 5 heteroatoms. The SMILES string of the molecule is CN1C(=O)C(Cc2ccccc2)O[C@H](c2ccc(Cl)cc2)[C@@H]1c1ccc(Cl)cc1. The summed E-state index contributed by atoms with van der Waals surface area (Å²) in [7, 11) is 1.84. The first-order valence-corrected chi connectivity index (χ1v) is 10.3. The van der Waals surface area contributed by atoms with E-state index in [1.807, 2.05) is 85.9 Å². The third-order valence-corrected chi connectivity index (χ3v) is 5.82. The average Bonchev–Trinajstić information content (AvgIpc) is 2.74. The molecular formula is C24H21Cl2NO2. The van der Waals surface area contributed by atoms with Crippen LogP contribution in [-0.2, 0) is 16.0 Å². The van der Waals surface area contributed by atoms with Gasteiger partial charge in [0.1, 0.15) is 12.2 Å². The summed E-state index contributed by atoms with van der Waals surface area (Å²) in [6.07, 6.45) is -0.335. The van der Waals surface area contributed by atoms with Crippen molar-refractivity contribution >= 4 is 29.1 Å². The molecule has 3 atom stereocenters. The van der Waals surface area contributed by atoms with Crippen LogP contribution in [0.5, 0.6) is 0 Å². The third kappa shape index (κ3) is 4.32. The van der Waals surface area contributed by atoms with Crippen molar-refractivity contribution in [2.45, 2.75) is 24.7 Å². The predicted octanol–water partition coefficient (Wildman–Crippen LogP) is 5.88. The quantitative estimate of drug-likeness (QED) is 0.522. The second kappa shape index (κ2) is 8.58. The molecule has 0 bridgehead atoms. The number of likely N-dealkylation sites (N-methyl/N-ethyl adjacent to an activating group) is 1. The molecule has 1 aliphatic rings. The molecule has 3 nitrogen and oxygen atoms in total. The Bertz CT molecular complexity index is 974. The van der Waals surface area contributed by atoms with Gasteiger partial charge in [0, 0.05) is 23.5 Å². The highest BCUT2D eigenvalue weighted by Crippen LogP contribution is 2.42. The number of amides is 1. The highest BCUT2D eigenvalue weighted by atomic mass is 35.5. The zero-order chi connectivity index (χ0) is 20.4. The summed E-state index contributed by atoms with van der Waals surface area (Å²) >= 11 is 12.2. The molecule has 3 aromatic rings. The summed E-state index contributed by atoms with van der Waals surface area (Å²) < 4.78 is 6.43. The van der Waals surface area contributed by atoms with Crippen molar-refractivity contribution in [3.05, 3.63) is 106 Å². The van der Waals surface area contributed by atoms with Crippen LogP contribution in [0.4, 0.5) is 0 Å². The molecule has 1 saturated heterocycles. The van der Waals surface area contributed by atoms with Gasteiger partial charge < -0.3 is 9.64 Å². The molecule has 1 aliphatic heterocycles. The molecular weight excluding hydrogens is 405 g/mol. The number of carbonyl (C=O) groups excluding carboxylic acids is 1. The number of morpholine rings is 1. The van der Waals surface area contributed by atoms with Crippen molar-refractivity contribution in [3.8, 4) is 0 Å². The van der Waals surface area contributed by atoms with Crippen molar-refractivity contribution in [3.63, 3.8) is 0 Å². The molecule has 0 aliphatic carbocycles. The maximum atomic E-state index is 13.2. The zero-order valence-electron chi connectivity index (χ0n) is 16.0. The van der Waals surface area contributed by atoms with Gasteiger partial charge in [0.05, 0.1) is 6.04 Å². The number of carbonyl (C=O) groups is 1. The number of nitrogens with zero attached hydrogens (tertiary/aromatic N) is 1. The van der Waals surface area contributed by atoms with Gasteiger partial charge in [0.2, 0.25) is 0 Å². The molecule has 4 rings (SSSR count). The fourth-order valence-corrected chi connectivity index (χ4v) is 4.06. The van der Waals surface area contributed by atoms with Gasteiger partial charge >= 0.3 is 0 Å². The highest BCUT2D eigenvalue weighted by Gasteiger charge is 2.42. The van der Waals surface area contributed by atoms with E-state index in [2.05, 4.69) is 0 Å². The van der Waals surface area contributed by atoms with E-state index in [4.69, 9.17) is 27.9 Å². The third-order valence-electron chi connectivity index (χ3n) is 5.31. The summed E-state index contributed by atoms with van der Waals surface area (Å²) in [5, 5.41) is 1.32. The van der Waals surface area contributed by atoms with Crippen LogP contribution in [0, 0.1) is 0 Å². The second-order valence-electron chi connectivity index (χ2n) is 7.23. The number of halogens is 2. The van der Waals surface area contributed by atoms with E-state index >= 15 is 0 Å². The maximum absolute atomic E-state index is 13.2. The predicted molar refractivity (Wildman–Crippen MR) is 116 cm³/mol. The molecule has 0 N–H and O–H groups in total. The van der Waals surface area contributed by atoms with E-state index in [9.17, 15) is 4.79 Å². The second-order valence-corrected chi connectivity index (χ2v) is 8.11. The van der Waals surface area contributed by atoms with Gasteiger partial charge in [-0.1, -0.05) is 77.8 Å². The molecule has 1 unspecified atom stereocenters. The first-order valence-electron chi connectivity index (χ1n) is 9.50. The fourth-order valence-electron chi connectivity index (χ4n) is 3.81. The number of ether oxygens (including phenoxy) is 1. The van der Waals surface area contributed by atoms with Crippen molar-refractivity contribution in [2.75, 3.05) is 7.05 Å². The van der Waals surface area contributed by atoms with Crippen molar-refractivity contribution < 1.29 is 9.53 Å². The van der Waals surface area contributed by atoms with Gasteiger partial charge in [-0.3, -0.25) is 4.79 Å². The van der Waals surface area contributed by atoms with Gasteiger partial charge in [0.15, 0.2) is 0 Å². The lowest BCUT2D eigenvalue weighted by Crippen LogP contribution is -2.49. The lowest BCUT2D eigenvalue weighted by molar-refractivity contribution is -0.171. The monoisotopic (exact) mass is 425 g/mol. The van der Waals surface area contributed by atoms with Crippen LogP contribution >= 0.6 is 23.2 Å². The molecule has 1 amide bonds. The number of hydrogen-bond donors (Lipinski definition) is 0. The van der Waals surface area contributed by atoms with E-state index in [-0.39, 0.29) is 18.1 Å². The Hall–Kier alpha value is -2.33. The van der Waals surface area contributed by atoms with Crippen LogP contribution in [0.3, 0.4) is 0 Å². The smallest absolute Gasteiger partial charge is 0.252 e. The molecule has 0 radical (unpaired) electrons. The molecule has 29 heavy (non-hydrogen) atoms. The molecule has 0 spiro atoms. The number of benzene rings is 3. The summed E-state index contributed by atoms with van der Waals surface area (Å²) in [5.74, 6) is -0.0287. The standard InChI is InChI=1S/C24H21Cl2NO2/c1-27-22(17-7-11-19(25)12-8-17)23(18-9-13-20(26)14-10-18)29-21(24(27)28)15-16-5-3-2-4-6-16/h2-14,21-23H,15H2,1H3/t21?,22-,23+/m0/s1. The van der Waals surface area contributed by atoms with Crippen LogP contribution < -0.4 is 0 Å². The topological polar surface area (TPSA) is 29.5 Å². The molecule has 0 aromatic heterocycles. The number of rotatable bonds is 4. The molecule has 148 valence electrons. The van der Waals surface area contributed by atoms with Crippen LogP contribution in [0.15, 0.2) is 78.9 Å². The van der Waals surface area contributed by atoms with Crippen LogP contribution in [0.25, 0.3) is 0 Å². The molecule has 1 heterocycles. The first-order chi connectivity index (χ1) is 14.0. The van der Waals surface area contributed by atoms with E-state index < -0.39 is 6.10 Å². The Morgan fingerprint density at radius 1 is 0.828 bits per heavy atom. The Morgan fingerprint density at radius 2 is 1.38 bits per heavy atom. The molecule has 1 fully saturated rings. The minimum absolute atomic E-state index is 0.0287. The van der Waals surface area contributed by atoms with E-state index in [0.717, 1.165) is 16.7 Å². The lowest BCUT2D eigenvalue weighted by Gasteiger charge is -2.43. The zero-order valence-corrected chi connectivity index (χ0v) is 17.5. The average molecular weight is 426 g/mol. The summed E-state index contributed by atoms with van der Waals surface area (Å²) in [5.41, 5.74) is 3.02. The van der Waals surface area contributed by atoms with Gasteiger partial charge in [-0.25, -0.2) is 0 Å². The summed E-state index contributed by atoms with van der Waals surface area (Å²) in [6, 6.07) is 24.9. The normalized spacial score (nSPS) is 22.0. The van der Waals surface area contributed by atoms with Crippen molar-refractivity contribution in [1.82, 2.24) is 4.90 Å². The summed E-state index contributed by atoms with van der Waals surface area (Å²) in [4.78, 5) is 15.0.